The average Bonchev–Trinajstić information content (AvgIpc) is 3.86. The largest absolute Gasteiger partial charge is 0.456 e. The van der Waals surface area contributed by atoms with Crippen molar-refractivity contribution in [1.29, 1.82) is 0 Å². The first-order valence-corrected chi connectivity index (χ1v) is 17.9. The lowest BCUT2D eigenvalue weighted by Crippen LogP contribution is -2.03. The molecule has 246 valence electrons. The van der Waals surface area contributed by atoms with Crippen LogP contribution in [0.4, 0.5) is 0 Å². The quantitative estimate of drug-likeness (QED) is 0.187. The van der Waals surface area contributed by atoms with Crippen molar-refractivity contribution in [3.63, 3.8) is 0 Å². The van der Waals surface area contributed by atoms with Gasteiger partial charge in [-0.2, -0.15) is 0 Å². The van der Waals surface area contributed by atoms with Gasteiger partial charge in [-0.25, -0.2) is 9.97 Å². The predicted octanol–water partition coefficient (Wildman–Crippen LogP) is 12.5. The van der Waals surface area contributed by atoms with Crippen LogP contribution < -0.4 is 0 Å². The molecule has 8 aromatic carbocycles. The molecule has 0 aliphatic carbocycles. The van der Waals surface area contributed by atoms with Crippen molar-refractivity contribution in [1.82, 2.24) is 19.1 Å². The standard InChI is InChI=1S/C48H28N4O/c1-6-18-39-35(17-1)47(30-24-25-46-38(26-30)34-16-5-10-23-45(34)53-46)50-48(49-39)52-42-21-9-4-15-33(42)37-28-36-29(27-44(37)52)12-11-22-43(36)51-40-19-7-2-13-31(40)32-14-3-8-20-41(32)51/h1-28H. The van der Waals surface area contributed by atoms with Gasteiger partial charge in [0.2, 0.25) is 5.95 Å². The number of hydrogen-bond donors (Lipinski definition) is 0. The van der Waals surface area contributed by atoms with Crippen LogP contribution in [0.5, 0.6) is 0 Å². The molecule has 0 amide bonds. The van der Waals surface area contributed by atoms with Gasteiger partial charge in [0, 0.05) is 48.7 Å². The zero-order valence-electron chi connectivity index (χ0n) is 28.4. The van der Waals surface area contributed by atoms with Crippen LogP contribution in [0.25, 0.3) is 110 Å². The fourth-order valence-corrected chi connectivity index (χ4v) is 8.57. The number of benzene rings is 8. The van der Waals surface area contributed by atoms with Crippen molar-refractivity contribution in [3.8, 4) is 22.9 Å². The highest BCUT2D eigenvalue weighted by Crippen LogP contribution is 2.40. The fraction of sp³-hybridized carbons (Fsp3) is 0. The van der Waals surface area contributed by atoms with E-state index in [2.05, 4.69) is 161 Å². The molecule has 4 aromatic heterocycles. The van der Waals surface area contributed by atoms with Crippen molar-refractivity contribution in [2.75, 3.05) is 0 Å². The van der Waals surface area contributed by atoms with E-state index in [4.69, 9.17) is 14.4 Å². The summed E-state index contributed by atoms with van der Waals surface area (Å²) in [5.41, 5.74) is 10.2. The molecule has 0 aliphatic rings. The van der Waals surface area contributed by atoms with Crippen LogP contribution in [0.2, 0.25) is 0 Å². The molecule has 0 N–H and O–H groups in total. The molecule has 0 spiro atoms. The zero-order valence-corrected chi connectivity index (χ0v) is 28.4. The van der Waals surface area contributed by atoms with Crippen LogP contribution in [-0.4, -0.2) is 19.1 Å². The zero-order chi connectivity index (χ0) is 34.6. The summed E-state index contributed by atoms with van der Waals surface area (Å²) in [5.74, 6) is 0.639. The fourth-order valence-electron chi connectivity index (χ4n) is 8.57. The number of rotatable bonds is 3. The molecule has 0 saturated heterocycles. The molecular weight excluding hydrogens is 649 g/mol. The Bertz CT molecular complexity index is 3420. The minimum atomic E-state index is 0.639. The Hall–Kier alpha value is -7.24. The van der Waals surface area contributed by atoms with Gasteiger partial charge in [-0.15, -0.1) is 0 Å². The lowest BCUT2D eigenvalue weighted by molar-refractivity contribution is 0.669. The Balaban J connectivity index is 1.14. The molecule has 4 heterocycles. The van der Waals surface area contributed by atoms with Gasteiger partial charge in [-0.1, -0.05) is 103 Å². The lowest BCUT2D eigenvalue weighted by Gasteiger charge is -2.13. The molecule has 0 unspecified atom stereocenters. The van der Waals surface area contributed by atoms with Gasteiger partial charge in [0.1, 0.15) is 11.2 Å². The summed E-state index contributed by atoms with van der Waals surface area (Å²) in [7, 11) is 0. The van der Waals surface area contributed by atoms with Gasteiger partial charge >= 0.3 is 0 Å². The first-order valence-electron chi connectivity index (χ1n) is 17.9. The highest BCUT2D eigenvalue weighted by molar-refractivity contribution is 6.16. The first kappa shape index (κ1) is 28.5. The lowest BCUT2D eigenvalue weighted by atomic mass is 10.0. The van der Waals surface area contributed by atoms with Crippen molar-refractivity contribution in [2.45, 2.75) is 0 Å². The molecule has 0 atom stereocenters. The molecule has 12 aromatic rings. The van der Waals surface area contributed by atoms with Gasteiger partial charge in [-0.05, 0) is 72.1 Å². The summed E-state index contributed by atoms with van der Waals surface area (Å²) in [6.45, 7) is 0. The molecule has 0 bridgehead atoms. The molecule has 12 rings (SSSR count). The van der Waals surface area contributed by atoms with Gasteiger partial charge in [0.25, 0.3) is 0 Å². The van der Waals surface area contributed by atoms with Crippen LogP contribution in [0.15, 0.2) is 174 Å². The summed E-state index contributed by atoms with van der Waals surface area (Å²) >= 11 is 0. The molecule has 0 aliphatic heterocycles. The van der Waals surface area contributed by atoms with E-state index < -0.39 is 0 Å². The predicted molar refractivity (Wildman–Crippen MR) is 218 cm³/mol. The molecule has 0 saturated carbocycles. The Kier molecular flexibility index (Phi) is 5.71. The third-order valence-electron chi connectivity index (χ3n) is 10.9. The topological polar surface area (TPSA) is 48.8 Å². The van der Waals surface area contributed by atoms with Crippen molar-refractivity contribution in [3.05, 3.63) is 170 Å². The van der Waals surface area contributed by atoms with Crippen LogP contribution in [0.1, 0.15) is 0 Å². The summed E-state index contributed by atoms with van der Waals surface area (Å²) in [4.78, 5) is 10.7. The third kappa shape index (κ3) is 4.02. The van der Waals surface area contributed by atoms with Crippen LogP contribution >= 0.6 is 0 Å². The van der Waals surface area contributed by atoms with E-state index in [1.165, 1.54) is 27.2 Å². The van der Waals surface area contributed by atoms with Crippen molar-refractivity contribution < 1.29 is 4.42 Å². The number of nitrogens with zero attached hydrogens (tertiary/aromatic N) is 4. The Morgan fingerprint density at radius 3 is 1.77 bits per heavy atom. The maximum atomic E-state index is 6.18. The van der Waals surface area contributed by atoms with E-state index in [1.807, 2.05) is 18.2 Å². The Morgan fingerprint density at radius 1 is 0.377 bits per heavy atom. The van der Waals surface area contributed by atoms with E-state index in [0.717, 1.165) is 77.0 Å². The Morgan fingerprint density at radius 2 is 1.00 bits per heavy atom. The summed E-state index contributed by atoms with van der Waals surface area (Å²) in [5, 5.41) is 10.3. The summed E-state index contributed by atoms with van der Waals surface area (Å²) in [6, 6.07) is 60.2. The third-order valence-corrected chi connectivity index (χ3v) is 10.9. The second-order valence-electron chi connectivity index (χ2n) is 13.8. The van der Waals surface area contributed by atoms with Gasteiger partial charge < -0.3 is 8.98 Å². The average molecular weight is 677 g/mol. The van der Waals surface area contributed by atoms with Crippen molar-refractivity contribution >= 4 is 87.2 Å². The molecule has 53 heavy (non-hydrogen) atoms. The van der Waals surface area contributed by atoms with E-state index in [-0.39, 0.29) is 0 Å². The van der Waals surface area contributed by atoms with E-state index in [0.29, 0.717) is 5.95 Å². The van der Waals surface area contributed by atoms with E-state index in [1.54, 1.807) is 0 Å². The Labute approximate surface area is 302 Å². The van der Waals surface area contributed by atoms with Crippen LogP contribution in [0.3, 0.4) is 0 Å². The number of aromatic nitrogens is 4. The molecular formula is C48H28N4O. The van der Waals surface area contributed by atoms with E-state index >= 15 is 0 Å². The number of hydrogen-bond acceptors (Lipinski definition) is 3. The normalized spacial score (nSPS) is 12.2. The van der Waals surface area contributed by atoms with Gasteiger partial charge in [0.05, 0.1) is 39.0 Å². The SMILES string of the molecule is c1cc(-n2c3ccccc3c3ccccc32)c2cc3c4ccccc4n(-c4nc(-c5ccc6oc7ccccc7c6c5)c5ccccc5n4)c3cc2c1. The second-order valence-corrected chi connectivity index (χ2v) is 13.8. The second kappa shape index (κ2) is 10.6. The molecule has 0 radical (unpaired) electrons. The van der Waals surface area contributed by atoms with E-state index in [9.17, 15) is 0 Å². The van der Waals surface area contributed by atoms with Gasteiger partial charge in [-0.3, -0.25) is 4.57 Å². The molecule has 0 fully saturated rings. The van der Waals surface area contributed by atoms with Crippen molar-refractivity contribution in [2.24, 2.45) is 0 Å². The monoisotopic (exact) mass is 676 g/mol. The van der Waals surface area contributed by atoms with Crippen LogP contribution in [0, 0.1) is 0 Å². The number of fused-ring (bicyclic) bond motifs is 11. The maximum Gasteiger partial charge on any atom is 0.235 e. The highest BCUT2D eigenvalue weighted by Gasteiger charge is 2.20. The smallest absolute Gasteiger partial charge is 0.235 e. The number of furan rings is 1. The highest BCUT2D eigenvalue weighted by atomic mass is 16.3. The van der Waals surface area contributed by atoms with Crippen LogP contribution in [-0.2, 0) is 0 Å². The summed E-state index contributed by atoms with van der Waals surface area (Å²) in [6.07, 6.45) is 0. The van der Waals surface area contributed by atoms with Gasteiger partial charge in [0.15, 0.2) is 0 Å². The summed E-state index contributed by atoms with van der Waals surface area (Å²) < 4.78 is 10.8. The first-order chi connectivity index (χ1) is 26.3. The molecule has 5 nitrogen and oxygen atoms in total. The molecule has 5 heteroatoms. The number of para-hydroxylation sites is 5. The maximum absolute atomic E-state index is 6.18. The minimum Gasteiger partial charge on any atom is -0.456 e. The minimum absolute atomic E-state index is 0.639.